The Kier molecular flexibility index (Phi) is 7.15. The highest BCUT2D eigenvalue weighted by atomic mass is 16.5. The number of rotatable bonds is 8. The molecule has 5 atom stereocenters. The van der Waals surface area contributed by atoms with Crippen LogP contribution in [0.25, 0.3) is 0 Å². The molecule has 178 valence electrons. The summed E-state index contributed by atoms with van der Waals surface area (Å²) in [6.07, 6.45) is 4.56. The SMILES string of the molecule is COc1ccc(CNC(=O)N2C[C@@H]3CCC[C@H]3C2C(=O)N[C@H](C=O)C[C@@H]2CCNC2=O)cc1. The number of hydrogen-bond donors (Lipinski definition) is 3. The highest BCUT2D eigenvalue weighted by Gasteiger charge is 2.49. The van der Waals surface area contributed by atoms with Crippen LogP contribution in [-0.4, -0.2) is 61.3 Å². The first-order chi connectivity index (χ1) is 16.0. The molecule has 9 heteroatoms. The molecule has 3 aliphatic rings. The summed E-state index contributed by atoms with van der Waals surface area (Å²) >= 11 is 0. The number of nitrogens with one attached hydrogen (secondary N) is 3. The summed E-state index contributed by atoms with van der Waals surface area (Å²) < 4.78 is 5.16. The third kappa shape index (κ3) is 5.12. The highest BCUT2D eigenvalue weighted by molar-refractivity contribution is 5.90. The summed E-state index contributed by atoms with van der Waals surface area (Å²) in [5, 5.41) is 8.50. The van der Waals surface area contributed by atoms with Crippen LogP contribution < -0.4 is 20.7 Å². The van der Waals surface area contributed by atoms with E-state index in [1.54, 1.807) is 12.0 Å². The predicted molar refractivity (Wildman–Crippen MR) is 120 cm³/mol. The van der Waals surface area contributed by atoms with Crippen molar-refractivity contribution in [3.8, 4) is 5.75 Å². The minimum Gasteiger partial charge on any atom is -0.497 e. The first-order valence-electron chi connectivity index (χ1n) is 11.7. The normalized spacial score (nSPS) is 26.9. The van der Waals surface area contributed by atoms with Gasteiger partial charge in [0.05, 0.1) is 13.2 Å². The lowest BCUT2D eigenvalue weighted by molar-refractivity contribution is -0.129. The van der Waals surface area contributed by atoms with Crippen molar-refractivity contribution in [1.29, 1.82) is 0 Å². The number of likely N-dealkylation sites (tertiary alicyclic amines) is 1. The number of carbonyl (C=O) groups is 4. The maximum atomic E-state index is 13.3. The second-order valence-electron chi connectivity index (χ2n) is 9.22. The lowest BCUT2D eigenvalue weighted by Crippen LogP contribution is -2.53. The summed E-state index contributed by atoms with van der Waals surface area (Å²) in [5.41, 5.74) is 0.931. The Balaban J connectivity index is 1.40. The van der Waals surface area contributed by atoms with Crippen LogP contribution in [0.15, 0.2) is 24.3 Å². The molecule has 1 aromatic rings. The van der Waals surface area contributed by atoms with Crippen LogP contribution >= 0.6 is 0 Å². The second-order valence-corrected chi connectivity index (χ2v) is 9.22. The fourth-order valence-corrected chi connectivity index (χ4v) is 5.47. The Morgan fingerprint density at radius 1 is 1.24 bits per heavy atom. The number of ether oxygens (including phenoxy) is 1. The Hall–Kier alpha value is -3.10. The van der Waals surface area contributed by atoms with E-state index >= 15 is 0 Å². The van der Waals surface area contributed by atoms with E-state index in [2.05, 4.69) is 16.0 Å². The summed E-state index contributed by atoms with van der Waals surface area (Å²) in [6, 6.07) is 5.82. The molecule has 2 saturated heterocycles. The topological polar surface area (TPSA) is 117 Å². The van der Waals surface area contributed by atoms with Gasteiger partial charge in [-0.1, -0.05) is 18.6 Å². The second kappa shape index (κ2) is 10.2. The van der Waals surface area contributed by atoms with E-state index in [1.807, 2.05) is 24.3 Å². The third-order valence-electron chi connectivity index (χ3n) is 7.22. The summed E-state index contributed by atoms with van der Waals surface area (Å²) in [4.78, 5) is 51.5. The van der Waals surface area contributed by atoms with Gasteiger partial charge in [-0.2, -0.15) is 0 Å². The number of methoxy groups -OCH3 is 1. The van der Waals surface area contributed by atoms with Gasteiger partial charge < -0.3 is 30.4 Å². The first kappa shape index (κ1) is 23.1. The fourth-order valence-electron chi connectivity index (χ4n) is 5.47. The Labute approximate surface area is 193 Å². The lowest BCUT2D eigenvalue weighted by atomic mass is 9.93. The van der Waals surface area contributed by atoms with E-state index < -0.39 is 12.1 Å². The quantitative estimate of drug-likeness (QED) is 0.509. The van der Waals surface area contributed by atoms with Crippen molar-refractivity contribution in [2.24, 2.45) is 17.8 Å². The number of aldehydes is 1. The van der Waals surface area contributed by atoms with Crippen molar-refractivity contribution in [2.45, 2.75) is 50.7 Å². The zero-order valence-corrected chi connectivity index (χ0v) is 18.9. The molecule has 4 rings (SSSR count). The molecule has 2 heterocycles. The largest absolute Gasteiger partial charge is 0.497 e. The number of urea groups is 1. The van der Waals surface area contributed by atoms with E-state index in [4.69, 9.17) is 4.74 Å². The third-order valence-corrected chi connectivity index (χ3v) is 7.22. The minimum absolute atomic E-state index is 0.0765. The van der Waals surface area contributed by atoms with Crippen molar-refractivity contribution in [1.82, 2.24) is 20.9 Å². The van der Waals surface area contributed by atoms with Gasteiger partial charge in [0, 0.05) is 25.6 Å². The Bertz CT molecular complexity index is 889. The lowest BCUT2D eigenvalue weighted by Gasteiger charge is -2.28. The van der Waals surface area contributed by atoms with Gasteiger partial charge in [0.25, 0.3) is 0 Å². The number of carbonyl (C=O) groups excluding carboxylic acids is 4. The van der Waals surface area contributed by atoms with Gasteiger partial charge in [0.1, 0.15) is 18.1 Å². The van der Waals surface area contributed by atoms with Crippen molar-refractivity contribution in [3.05, 3.63) is 29.8 Å². The molecule has 1 aromatic carbocycles. The molecule has 3 fully saturated rings. The number of amides is 4. The summed E-state index contributed by atoms with van der Waals surface area (Å²) in [5.74, 6) is 0.481. The molecular formula is C24H32N4O5. The molecule has 0 aromatic heterocycles. The van der Waals surface area contributed by atoms with Crippen molar-refractivity contribution >= 4 is 24.1 Å². The van der Waals surface area contributed by atoms with Gasteiger partial charge in [0.15, 0.2) is 0 Å². The van der Waals surface area contributed by atoms with Gasteiger partial charge in [-0.25, -0.2) is 4.79 Å². The van der Waals surface area contributed by atoms with E-state index in [0.717, 1.165) is 30.6 Å². The molecule has 4 amide bonds. The molecule has 0 spiro atoms. The number of nitrogens with zero attached hydrogens (tertiary/aromatic N) is 1. The molecule has 33 heavy (non-hydrogen) atoms. The van der Waals surface area contributed by atoms with Crippen LogP contribution in [0.5, 0.6) is 5.75 Å². The van der Waals surface area contributed by atoms with Gasteiger partial charge in [-0.15, -0.1) is 0 Å². The van der Waals surface area contributed by atoms with Crippen LogP contribution in [0.1, 0.15) is 37.7 Å². The van der Waals surface area contributed by atoms with E-state index in [0.29, 0.717) is 38.3 Å². The van der Waals surface area contributed by atoms with Crippen molar-refractivity contribution in [3.63, 3.8) is 0 Å². The van der Waals surface area contributed by atoms with Gasteiger partial charge >= 0.3 is 6.03 Å². The summed E-state index contributed by atoms with van der Waals surface area (Å²) in [6.45, 7) is 1.47. The van der Waals surface area contributed by atoms with Gasteiger partial charge in [0.2, 0.25) is 11.8 Å². The Morgan fingerprint density at radius 2 is 2.03 bits per heavy atom. The average Bonchev–Trinajstić information content (AvgIpc) is 3.53. The van der Waals surface area contributed by atoms with Crippen LogP contribution in [0, 0.1) is 17.8 Å². The van der Waals surface area contributed by atoms with Crippen molar-refractivity contribution < 1.29 is 23.9 Å². The van der Waals surface area contributed by atoms with Crippen LogP contribution in [0.3, 0.4) is 0 Å². The number of hydrogen-bond acceptors (Lipinski definition) is 5. The molecule has 1 saturated carbocycles. The molecule has 2 aliphatic heterocycles. The molecular weight excluding hydrogens is 424 g/mol. The van der Waals surface area contributed by atoms with Crippen molar-refractivity contribution in [2.75, 3.05) is 20.2 Å². The Morgan fingerprint density at radius 3 is 2.70 bits per heavy atom. The highest BCUT2D eigenvalue weighted by Crippen LogP contribution is 2.42. The van der Waals surface area contributed by atoms with Crippen LogP contribution in [0.2, 0.25) is 0 Å². The number of fused-ring (bicyclic) bond motifs is 1. The molecule has 1 aliphatic carbocycles. The molecule has 1 unspecified atom stereocenters. The van der Waals surface area contributed by atoms with E-state index in [1.165, 1.54) is 0 Å². The predicted octanol–water partition coefficient (Wildman–Crippen LogP) is 1.22. The monoisotopic (exact) mass is 456 g/mol. The fraction of sp³-hybridized carbons (Fsp3) is 0.583. The van der Waals surface area contributed by atoms with E-state index in [9.17, 15) is 19.2 Å². The summed E-state index contributed by atoms with van der Waals surface area (Å²) in [7, 11) is 1.60. The number of benzene rings is 1. The maximum Gasteiger partial charge on any atom is 0.318 e. The van der Waals surface area contributed by atoms with Crippen LogP contribution in [-0.2, 0) is 20.9 Å². The molecule has 0 radical (unpaired) electrons. The van der Waals surface area contributed by atoms with E-state index in [-0.39, 0.29) is 36.1 Å². The molecule has 9 nitrogen and oxygen atoms in total. The minimum atomic E-state index is -0.740. The standard InChI is InChI=1S/C24H32N4O5/c1-33-19-7-5-15(6-8-19)12-26-24(32)28-13-17-3-2-4-20(17)21(28)23(31)27-18(14-29)11-16-9-10-25-22(16)30/h5-8,14,16-18,20-21H,2-4,9-13H2,1H3,(H,25,30)(H,26,32)(H,27,31)/t16-,17-,18-,20+,21?/m0/s1. The average molecular weight is 457 g/mol. The van der Waals surface area contributed by atoms with Crippen LogP contribution in [0.4, 0.5) is 4.79 Å². The molecule has 0 bridgehead atoms. The zero-order valence-electron chi connectivity index (χ0n) is 18.9. The maximum absolute atomic E-state index is 13.3. The first-order valence-corrected chi connectivity index (χ1v) is 11.7. The van der Waals surface area contributed by atoms with Gasteiger partial charge in [-0.05, 0) is 55.2 Å². The zero-order chi connectivity index (χ0) is 23.4. The van der Waals surface area contributed by atoms with Gasteiger partial charge in [-0.3, -0.25) is 9.59 Å². The smallest absolute Gasteiger partial charge is 0.318 e. The molecule has 3 N–H and O–H groups in total.